The van der Waals surface area contributed by atoms with Crippen LogP contribution in [0.2, 0.25) is 0 Å². The van der Waals surface area contributed by atoms with Crippen LogP contribution >= 0.6 is 0 Å². The fraction of sp³-hybridized carbons (Fsp3) is 0.462. The number of sulfonamides is 1. The van der Waals surface area contributed by atoms with Crippen LogP contribution in [-0.2, 0) is 29.7 Å². The van der Waals surface area contributed by atoms with E-state index in [-0.39, 0.29) is 18.0 Å². The highest BCUT2D eigenvalue weighted by Gasteiger charge is 2.28. The molecular weight excluding hydrogens is 306 g/mol. The van der Waals surface area contributed by atoms with E-state index in [1.807, 2.05) is 10.8 Å². The molecule has 0 saturated carbocycles. The summed E-state index contributed by atoms with van der Waals surface area (Å²) in [6.07, 6.45) is 6.23. The van der Waals surface area contributed by atoms with Crippen LogP contribution in [0.1, 0.15) is 5.82 Å². The lowest BCUT2D eigenvalue weighted by atomic mass is 10.1. The molecule has 0 aromatic carbocycles. The van der Waals surface area contributed by atoms with Crippen molar-refractivity contribution in [2.24, 2.45) is 5.92 Å². The van der Waals surface area contributed by atoms with Crippen molar-refractivity contribution in [2.45, 2.75) is 19.6 Å². The molecule has 3 heterocycles. The third-order valence-electron chi connectivity index (χ3n) is 3.72. The Labute approximate surface area is 128 Å². The molecule has 22 heavy (non-hydrogen) atoms. The lowest BCUT2D eigenvalue weighted by Gasteiger charge is -2.21. The van der Waals surface area contributed by atoms with E-state index in [2.05, 4.69) is 10.1 Å². The normalized spacial score (nSPS) is 19.6. The maximum atomic E-state index is 11.9. The fourth-order valence-corrected chi connectivity index (χ4v) is 3.47. The summed E-state index contributed by atoms with van der Waals surface area (Å²) in [6.45, 7) is 1.55. The summed E-state index contributed by atoms with van der Waals surface area (Å²) in [5.74, 6) is 0.652. The number of aromatic nitrogens is 4. The Balaban J connectivity index is 1.91. The molecule has 0 spiro atoms. The average Bonchev–Trinajstić information content (AvgIpc) is 2.79. The molecule has 0 radical (unpaired) electrons. The van der Waals surface area contributed by atoms with Gasteiger partial charge in [-0.15, -0.1) is 0 Å². The molecule has 9 heteroatoms. The molecule has 0 aliphatic carbocycles. The second-order valence-electron chi connectivity index (χ2n) is 5.46. The number of hydrogen-bond acceptors (Lipinski definition) is 5. The maximum absolute atomic E-state index is 11.9. The van der Waals surface area contributed by atoms with Gasteiger partial charge >= 0.3 is 0 Å². The second kappa shape index (κ2) is 5.65. The van der Waals surface area contributed by atoms with E-state index in [1.54, 1.807) is 18.5 Å². The molecule has 1 aliphatic heterocycles. The quantitative estimate of drug-likeness (QED) is 0.762. The minimum atomic E-state index is -3.33. The second-order valence-corrected chi connectivity index (χ2v) is 7.44. The van der Waals surface area contributed by atoms with E-state index >= 15 is 0 Å². The van der Waals surface area contributed by atoms with Gasteiger partial charge in [0.1, 0.15) is 5.82 Å². The van der Waals surface area contributed by atoms with Crippen molar-refractivity contribution in [3.05, 3.63) is 46.9 Å². The average molecular weight is 323 g/mol. The number of rotatable bonds is 3. The van der Waals surface area contributed by atoms with Crippen LogP contribution in [0.3, 0.4) is 0 Å². The first kappa shape index (κ1) is 14.9. The number of fused-ring (bicyclic) bond motifs is 1. The molecular formula is C13H17N5O3S. The Kier molecular flexibility index (Phi) is 3.83. The minimum Gasteiger partial charge on any atom is -0.333 e. The SMILES string of the molecule is CS(=O)(=O)N1Cc2nccn2C[C@H](Cn2ncccc2=O)C1. The zero-order chi connectivity index (χ0) is 15.7. The van der Waals surface area contributed by atoms with Crippen LogP contribution in [0.5, 0.6) is 0 Å². The summed E-state index contributed by atoms with van der Waals surface area (Å²) >= 11 is 0. The van der Waals surface area contributed by atoms with E-state index in [1.165, 1.54) is 21.3 Å². The van der Waals surface area contributed by atoms with Gasteiger partial charge in [0.05, 0.1) is 19.3 Å². The van der Waals surface area contributed by atoms with Crippen LogP contribution in [-0.4, -0.2) is 44.9 Å². The zero-order valence-electron chi connectivity index (χ0n) is 12.2. The molecule has 1 aliphatic rings. The summed E-state index contributed by atoms with van der Waals surface area (Å²) in [5, 5.41) is 4.05. The highest BCUT2D eigenvalue weighted by Crippen LogP contribution is 2.18. The lowest BCUT2D eigenvalue weighted by Crippen LogP contribution is -2.36. The van der Waals surface area contributed by atoms with E-state index in [9.17, 15) is 13.2 Å². The lowest BCUT2D eigenvalue weighted by molar-refractivity contribution is 0.299. The zero-order valence-corrected chi connectivity index (χ0v) is 13.0. The van der Waals surface area contributed by atoms with Gasteiger partial charge in [0.15, 0.2) is 0 Å². The summed E-state index contributed by atoms with van der Waals surface area (Å²) in [6, 6.07) is 3.03. The molecule has 1 atom stereocenters. The molecule has 0 bridgehead atoms. The predicted octanol–water partition coefficient (Wildman–Crippen LogP) is -0.469. The summed E-state index contributed by atoms with van der Waals surface area (Å²) < 4.78 is 28.6. The molecule has 0 saturated heterocycles. The molecule has 2 aromatic heterocycles. The highest BCUT2D eigenvalue weighted by atomic mass is 32.2. The van der Waals surface area contributed by atoms with Crippen LogP contribution in [0.4, 0.5) is 0 Å². The number of imidazole rings is 1. The van der Waals surface area contributed by atoms with Gasteiger partial charge in [0.25, 0.3) is 5.56 Å². The van der Waals surface area contributed by atoms with Crippen molar-refractivity contribution >= 4 is 10.0 Å². The van der Waals surface area contributed by atoms with E-state index in [0.29, 0.717) is 25.5 Å². The molecule has 0 fully saturated rings. The first-order valence-corrected chi connectivity index (χ1v) is 8.75. The van der Waals surface area contributed by atoms with Gasteiger partial charge < -0.3 is 4.57 Å². The summed E-state index contributed by atoms with van der Waals surface area (Å²) in [4.78, 5) is 16.0. The van der Waals surface area contributed by atoms with Crippen molar-refractivity contribution in [1.29, 1.82) is 0 Å². The first-order chi connectivity index (χ1) is 10.4. The monoisotopic (exact) mass is 323 g/mol. The third kappa shape index (κ3) is 3.09. The summed E-state index contributed by atoms with van der Waals surface area (Å²) in [7, 11) is -3.33. The third-order valence-corrected chi connectivity index (χ3v) is 4.94. The molecule has 0 amide bonds. The molecule has 0 N–H and O–H groups in total. The van der Waals surface area contributed by atoms with Gasteiger partial charge in [-0.2, -0.15) is 9.40 Å². The first-order valence-electron chi connectivity index (χ1n) is 6.91. The predicted molar refractivity (Wildman–Crippen MR) is 79.5 cm³/mol. The smallest absolute Gasteiger partial charge is 0.266 e. The maximum Gasteiger partial charge on any atom is 0.266 e. The Morgan fingerprint density at radius 2 is 2.14 bits per heavy atom. The van der Waals surface area contributed by atoms with Crippen LogP contribution in [0, 0.1) is 5.92 Å². The van der Waals surface area contributed by atoms with Crippen LogP contribution in [0.15, 0.2) is 35.5 Å². The molecule has 3 rings (SSSR count). The largest absolute Gasteiger partial charge is 0.333 e. The van der Waals surface area contributed by atoms with Crippen LogP contribution < -0.4 is 5.56 Å². The van der Waals surface area contributed by atoms with Gasteiger partial charge in [0, 0.05) is 43.7 Å². The van der Waals surface area contributed by atoms with E-state index in [0.717, 1.165) is 0 Å². The molecule has 118 valence electrons. The van der Waals surface area contributed by atoms with Gasteiger partial charge in [-0.25, -0.2) is 18.1 Å². The Hall–Kier alpha value is -2.00. The van der Waals surface area contributed by atoms with Crippen molar-refractivity contribution < 1.29 is 8.42 Å². The summed E-state index contributed by atoms with van der Waals surface area (Å²) in [5.41, 5.74) is -0.191. The van der Waals surface area contributed by atoms with Gasteiger partial charge in [-0.3, -0.25) is 4.79 Å². The highest BCUT2D eigenvalue weighted by molar-refractivity contribution is 7.88. The van der Waals surface area contributed by atoms with Crippen LogP contribution in [0.25, 0.3) is 0 Å². The van der Waals surface area contributed by atoms with Crippen molar-refractivity contribution in [3.63, 3.8) is 0 Å². The topological polar surface area (TPSA) is 90.1 Å². The Bertz CT molecular complexity index is 826. The Morgan fingerprint density at radius 3 is 2.86 bits per heavy atom. The van der Waals surface area contributed by atoms with Crippen molar-refractivity contribution in [3.8, 4) is 0 Å². The minimum absolute atomic E-state index is 0.0576. The van der Waals surface area contributed by atoms with Gasteiger partial charge in [0.2, 0.25) is 10.0 Å². The fourth-order valence-electron chi connectivity index (χ4n) is 2.64. The molecule has 0 unspecified atom stereocenters. The number of hydrogen-bond donors (Lipinski definition) is 0. The van der Waals surface area contributed by atoms with E-state index in [4.69, 9.17) is 0 Å². The van der Waals surface area contributed by atoms with Gasteiger partial charge in [-0.1, -0.05) is 0 Å². The molecule has 8 nitrogen and oxygen atoms in total. The van der Waals surface area contributed by atoms with E-state index < -0.39 is 10.0 Å². The number of nitrogens with zero attached hydrogens (tertiary/aromatic N) is 5. The standard InChI is InChI=1S/C13H17N5O3S/c1-22(20,21)17-8-11(7-16-6-5-14-12(16)10-17)9-18-13(19)3-2-4-15-18/h2-6,11H,7-10H2,1H3/t11-/m0/s1. The van der Waals surface area contributed by atoms with Crippen molar-refractivity contribution in [2.75, 3.05) is 12.8 Å². The van der Waals surface area contributed by atoms with Gasteiger partial charge in [-0.05, 0) is 6.07 Å². The Morgan fingerprint density at radius 1 is 1.32 bits per heavy atom. The van der Waals surface area contributed by atoms with Crippen molar-refractivity contribution in [1.82, 2.24) is 23.6 Å². The molecule has 2 aromatic rings.